The summed E-state index contributed by atoms with van der Waals surface area (Å²) in [6.45, 7) is 1.73. The van der Waals surface area contributed by atoms with Gasteiger partial charge in [0.15, 0.2) is 5.76 Å². The number of aromatic nitrogens is 1. The van der Waals surface area contributed by atoms with Crippen LogP contribution in [0.15, 0.2) is 51.2 Å². The second-order valence-corrected chi connectivity index (χ2v) is 8.13. The fourth-order valence-electron chi connectivity index (χ4n) is 2.04. The topological polar surface area (TPSA) is 72.2 Å². The van der Waals surface area contributed by atoms with Crippen LogP contribution in [0.25, 0.3) is 10.6 Å². The molecule has 3 aromatic rings. The van der Waals surface area contributed by atoms with Crippen LogP contribution in [0.5, 0.6) is 0 Å². The number of alkyl halides is 3. The molecular formula is C15H11F3N2O3S2. The third-order valence-corrected chi connectivity index (χ3v) is 6.13. The number of nitrogens with one attached hydrogen (secondary N) is 1. The van der Waals surface area contributed by atoms with E-state index in [0.29, 0.717) is 16.3 Å². The van der Waals surface area contributed by atoms with E-state index in [1.165, 1.54) is 12.1 Å². The second-order valence-electron chi connectivity index (χ2n) is 5.14. The third kappa shape index (κ3) is 3.85. The van der Waals surface area contributed by atoms with Gasteiger partial charge in [-0.2, -0.15) is 13.2 Å². The first kappa shape index (κ1) is 17.5. The van der Waals surface area contributed by atoms with E-state index >= 15 is 0 Å². The van der Waals surface area contributed by atoms with Crippen LogP contribution in [-0.4, -0.2) is 13.6 Å². The molecule has 0 amide bonds. The van der Waals surface area contributed by atoms with Gasteiger partial charge in [0.25, 0.3) is 10.0 Å². The molecule has 0 aliphatic rings. The average molecular weight is 388 g/mol. The van der Waals surface area contributed by atoms with Crippen LogP contribution in [0.2, 0.25) is 0 Å². The standard InChI is InChI=1S/C15H11F3N2O3S2/c1-9-7-12(23-19-9)13-5-6-14(24-13)25(21,22)20-11-4-2-3-10(8-11)15(16,17)18/h2-8,20H,1H3. The monoisotopic (exact) mass is 388 g/mol. The van der Waals surface area contributed by atoms with Gasteiger partial charge >= 0.3 is 6.18 Å². The predicted molar refractivity (Wildman–Crippen MR) is 86.8 cm³/mol. The normalized spacial score (nSPS) is 12.3. The minimum Gasteiger partial charge on any atom is -0.355 e. The van der Waals surface area contributed by atoms with Crippen molar-refractivity contribution in [2.24, 2.45) is 0 Å². The average Bonchev–Trinajstić information content (AvgIpc) is 3.15. The fourth-order valence-corrected chi connectivity index (χ4v) is 4.35. The predicted octanol–water partition coefficient (Wildman–Crippen LogP) is 4.53. The Kier molecular flexibility index (Phi) is 4.33. The summed E-state index contributed by atoms with van der Waals surface area (Å²) in [4.78, 5) is 0.546. The Balaban J connectivity index is 1.87. The quantitative estimate of drug-likeness (QED) is 0.713. The number of benzene rings is 1. The molecule has 1 aromatic carbocycles. The molecule has 0 radical (unpaired) electrons. The lowest BCUT2D eigenvalue weighted by Gasteiger charge is -2.10. The first-order chi connectivity index (χ1) is 11.6. The highest BCUT2D eigenvalue weighted by Crippen LogP contribution is 2.34. The second kappa shape index (κ2) is 6.19. The van der Waals surface area contributed by atoms with E-state index in [1.807, 2.05) is 0 Å². The molecule has 3 rings (SSSR count). The number of rotatable bonds is 4. The van der Waals surface area contributed by atoms with Gasteiger partial charge in [-0.05, 0) is 37.3 Å². The summed E-state index contributed by atoms with van der Waals surface area (Å²) >= 11 is 0.929. The molecule has 0 aliphatic heterocycles. The summed E-state index contributed by atoms with van der Waals surface area (Å²) < 4.78 is 70.1. The van der Waals surface area contributed by atoms with Crippen molar-refractivity contribution >= 4 is 27.0 Å². The van der Waals surface area contributed by atoms with Gasteiger partial charge in [-0.15, -0.1) is 11.3 Å². The Morgan fingerprint density at radius 2 is 1.92 bits per heavy atom. The van der Waals surface area contributed by atoms with E-state index in [1.54, 1.807) is 19.1 Å². The molecule has 0 spiro atoms. The molecule has 132 valence electrons. The summed E-state index contributed by atoms with van der Waals surface area (Å²) in [6.07, 6.45) is -4.55. The van der Waals surface area contributed by atoms with Crippen molar-refractivity contribution in [3.05, 3.63) is 53.7 Å². The van der Waals surface area contributed by atoms with E-state index in [4.69, 9.17) is 4.52 Å². The number of hydrogen-bond acceptors (Lipinski definition) is 5. The van der Waals surface area contributed by atoms with Crippen LogP contribution < -0.4 is 4.72 Å². The van der Waals surface area contributed by atoms with Crippen molar-refractivity contribution < 1.29 is 26.1 Å². The SMILES string of the molecule is Cc1cc(-c2ccc(S(=O)(=O)Nc3cccc(C(F)(F)F)c3)s2)on1. The summed E-state index contributed by atoms with van der Waals surface area (Å²) in [7, 11) is -4.02. The number of hydrogen-bond donors (Lipinski definition) is 1. The highest BCUT2D eigenvalue weighted by Gasteiger charge is 2.30. The largest absolute Gasteiger partial charge is 0.416 e. The maximum Gasteiger partial charge on any atom is 0.416 e. The highest BCUT2D eigenvalue weighted by atomic mass is 32.2. The van der Waals surface area contributed by atoms with E-state index in [2.05, 4.69) is 9.88 Å². The molecule has 0 unspecified atom stereocenters. The van der Waals surface area contributed by atoms with Crippen molar-refractivity contribution in [2.45, 2.75) is 17.3 Å². The Morgan fingerprint density at radius 3 is 2.56 bits per heavy atom. The zero-order chi connectivity index (χ0) is 18.2. The molecule has 2 aromatic heterocycles. The molecule has 2 heterocycles. The third-order valence-electron chi connectivity index (χ3n) is 3.16. The molecule has 1 N–H and O–H groups in total. The first-order valence-corrected chi connectivity index (χ1v) is 9.19. The van der Waals surface area contributed by atoms with Crippen molar-refractivity contribution in [1.82, 2.24) is 5.16 Å². The summed E-state index contributed by atoms with van der Waals surface area (Å²) in [5.74, 6) is 0.419. The van der Waals surface area contributed by atoms with E-state index in [9.17, 15) is 21.6 Å². The molecule has 10 heteroatoms. The molecule has 0 bridgehead atoms. The van der Waals surface area contributed by atoms with Crippen molar-refractivity contribution in [3.8, 4) is 10.6 Å². The van der Waals surface area contributed by atoms with Crippen LogP contribution in [-0.2, 0) is 16.2 Å². The molecule has 5 nitrogen and oxygen atoms in total. The first-order valence-electron chi connectivity index (χ1n) is 6.89. The number of thiophene rings is 1. The minimum atomic E-state index is -4.55. The molecule has 0 fully saturated rings. The van der Waals surface area contributed by atoms with Crippen LogP contribution in [0, 0.1) is 6.92 Å². The van der Waals surface area contributed by atoms with Crippen LogP contribution in [0.1, 0.15) is 11.3 Å². The van der Waals surface area contributed by atoms with Gasteiger partial charge in [0, 0.05) is 11.8 Å². The minimum absolute atomic E-state index is 0.0473. The number of aryl methyl sites for hydroxylation is 1. The van der Waals surface area contributed by atoms with Crippen LogP contribution >= 0.6 is 11.3 Å². The maximum absolute atomic E-state index is 12.7. The van der Waals surface area contributed by atoms with Gasteiger partial charge in [-0.3, -0.25) is 4.72 Å². The summed E-state index contributed by atoms with van der Waals surface area (Å²) in [5, 5.41) is 3.72. The summed E-state index contributed by atoms with van der Waals surface area (Å²) in [6, 6.07) is 8.56. The number of anilines is 1. The van der Waals surface area contributed by atoms with Crippen LogP contribution in [0.3, 0.4) is 0 Å². The lowest BCUT2D eigenvalue weighted by atomic mass is 10.2. The number of nitrogens with zero attached hydrogens (tertiary/aromatic N) is 1. The van der Waals surface area contributed by atoms with Crippen molar-refractivity contribution in [2.75, 3.05) is 4.72 Å². The van der Waals surface area contributed by atoms with Crippen LogP contribution in [0.4, 0.5) is 18.9 Å². The smallest absolute Gasteiger partial charge is 0.355 e. The Morgan fingerprint density at radius 1 is 1.16 bits per heavy atom. The molecule has 0 atom stereocenters. The molecule has 0 aliphatic carbocycles. The van der Waals surface area contributed by atoms with E-state index in [0.717, 1.165) is 29.5 Å². The molecule has 25 heavy (non-hydrogen) atoms. The van der Waals surface area contributed by atoms with Gasteiger partial charge in [-0.1, -0.05) is 11.2 Å². The Hall–Kier alpha value is -2.33. The lowest BCUT2D eigenvalue weighted by molar-refractivity contribution is -0.137. The van der Waals surface area contributed by atoms with Crippen molar-refractivity contribution in [1.29, 1.82) is 0 Å². The van der Waals surface area contributed by atoms with Gasteiger partial charge in [-0.25, -0.2) is 8.42 Å². The summed E-state index contributed by atoms with van der Waals surface area (Å²) in [5.41, 5.74) is -0.452. The highest BCUT2D eigenvalue weighted by molar-refractivity contribution is 7.94. The van der Waals surface area contributed by atoms with E-state index < -0.39 is 21.8 Å². The number of halogens is 3. The zero-order valence-electron chi connectivity index (χ0n) is 12.7. The maximum atomic E-state index is 12.7. The van der Waals surface area contributed by atoms with Gasteiger partial charge < -0.3 is 4.52 Å². The van der Waals surface area contributed by atoms with Gasteiger partial charge in [0.05, 0.1) is 16.1 Å². The van der Waals surface area contributed by atoms with Crippen molar-refractivity contribution in [3.63, 3.8) is 0 Å². The lowest BCUT2D eigenvalue weighted by Crippen LogP contribution is -2.12. The molecule has 0 saturated carbocycles. The molecular weight excluding hydrogens is 377 g/mol. The molecule has 0 saturated heterocycles. The van der Waals surface area contributed by atoms with E-state index in [-0.39, 0.29) is 9.90 Å². The zero-order valence-corrected chi connectivity index (χ0v) is 14.3. The Labute approximate surface area is 145 Å². The number of sulfonamides is 1. The van der Waals surface area contributed by atoms with Gasteiger partial charge in [0.1, 0.15) is 4.21 Å². The van der Waals surface area contributed by atoms with Gasteiger partial charge in [0.2, 0.25) is 0 Å². The fraction of sp³-hybridized carbons (Fsp3) is 0.133. The Bertz CT molecular complexity index is 1010.